The topological polar surface area (TPSA) is 34.1 Å². The van der Waals surface area contributed by atoms with Crippen molar-refractivity contribution in [1.82, 2.24) is 0 Å². The Hall–Kier alpha value is -0.130. The van der Waals surface area contributed by atoms with E-state index in [1.807, 2.05) is 0 Å². The van der Waals surface area contributed by atoms with Crippen molar-refractivity contribution in [3.05, 3.63) is 0 Å². The van der Waals surface area contributed by atoms with Crippen LogP contribution in [0.3, 0.4) is 0 Å². The van der Waals surface area contributed by atoms with Gasteiger partial charge in [-0.3, -0.25) is 9.59 Å². The second-order valence-electron chi connectivity index (χ2n) is 3.01. The summed E-state index contributed by atoms with van der Waals surface area (Å²) < 4.78 is 35.4. The Morgan fingerprint density at radius 1 is 1.08 bits per heavy atom. The van der Waals surface area contributed by atoms with Crippen LogP contribution in [0.25, 0.3) is 0 Å². The first-order valence-electron chi connectivity index (χ1n) is 3.23. The standard InChI is InChI=1S/C7H9F3O2.Au/c1-4(11)6(2,3)5(12)7(8,9)10;/h1-3H3;/q;+3. The molecule has 0 amide bonds. The van der Waals surface area contributed by atoms with Crippen LogP contribution in [0.4, 0.5) is 13.2 Å². The van der Waals surface area contributed by atoms with E-state index < -0.39 is 23.2 Å². The fraction of sp³-hybridized carbons (Fsp3) is 0.714. The van der Waals surface area contributed by atoms with Crippen molar-refractivity contribution in [2.75, 3.05) is 0 Å². The molecule has 0 heterocycles. The van der Waals surface area contributed by atoms with Gasteiger partial charge in [-0.05, 0) is 20.8 Å². The summed E-state index contributed by atoms with van der Waals surface area (Å²) in [5, 5.41) is 0. The van der Waals surface area contributed by atoms with Crippen molar-refractivity contribution in [3.8, 4) is 0 Å². The first-order valence-corrected chi connectivity index (χ1v) is 3.23. The van der Waals surface area contributed by atoms with E-state index >= 15 is 0 Å². The molecule has 0 saturated carbocycles. The third-order valence-electron chi connectivity index (χ3n) is 1.71. The molecule has 0 aliphatic carbocycles. The molecule has 0 aromatic rings. The first kappa shape index (κ1) is 15.3. The fourth-order valence-corrected chi connectivity index (χ4v) is 0.514. The monoisotopic (exact) mass is 379 g/mol. The predicted octanol–water partition coefficient (Wildman–Crippen LogP) is 1.73. The number of hydrogen-bond acceptors (Lipinski definition) is 2. The number of halogens is 3. The largest absolute Gasteiger partial charge is 3.00 e. The Morgan fingerprint density at radius 2 is 1.38 bits per heavy atom. The molecule has 2 nitrogen and oxygen atoms in total. The van der Waals surface area contributed by atoms with Gasteiger partial charge in [0.2, 0.25) is 5.78 Å². The molecule has 13 heavy (non-hydrogen) atoms. The summed E-state index contributed by atoms with van der Waals surface area (Å²) in [6.07, 6.45) is -4.94. The van der Waals surface area contributed by atoms with Gasteiger partial charge in [0.1, 0.15) is 5.78 Å². The number of alkyl halides is 3. The van der Waals surface area contributed by atoms with Crippen molar-refractivity contribution in [2.45, 2.75) is 26.9 Å². The van der Waals surface area contributed by atoms with E-state index in [1.54, 1.807) is 0 Å². The quantitative estimate of drug-likeness (QED) is 0.541. The SMILES string of the molecule is CC(=O)C(C)(C)C(=O)C(F)(F)F.[Au+3]. The van der Waals surface area contributed by atoms with E-state index in [4.69, 9.17) is 0 Å². The average molecular weight is 379 g/mol. The molecule has 0 rings (SSSR count). The molecule has 0 fully saturated rings. The number of carbonyl (C=O) groups excluding carboxylic acids is 2. The summed E-state index contributed by atoms with van der Waals surface area (Å²) in [4.78, 5) is 21.2. The second kappa shape index (κ2) is 4.39. The predicted molar refractivity (Wildman–Crippen MR) is 35.5 cm³/mol. The third kappa shape index (κ3) is 3.62. The maximum atomic E-state index is 11.8. The van der Waals surface area contributed by atoms with Crippen molar-refractivity contribution in [3.63, 3.8) is 0 Å². The molecule has 0 radical (unpaired) electrons. The summed E-state index contributed by atoms with van der Waals surface area (Å²) in [6, 6.07) is 0. The molecule has 0 atom stereocenters. The molecule has 0 aliphatic heterocycles. The molecule has 0 spiro atoms. The van der Waals surface area contributed by atoms with Gasteiger partial charge in [-0.2, -0.15) is 13.2 Å². The summed E-state index contributed by atoms with van der Waals surface area (Å²) >= 11 is 0. The van der Waals surface area contributed by atoms with Gasteiger partial charge in [0.25, 0.3) is 0 Å². The van der Waals surface area contributed by atoms with Crippen LogP contribution in [-0.2, 0) is 32.0 Å². The minimum absolute atomic E-state index is 0. The van der Waals surface area contributed by atoms with E-state index in [0.717, 1.165) is 20.8 Å². The molecule has 0 N–H and O–H groups in total. The fourth-order valence-electron chi connectivity index (χ4n) is 0.514. The molecule has 78 valence electrons. The summed E-state index contributed by atoms with van der Waals surface area (Å²) in [5.41, 5.74) is -1.96. The van der Waals surface area contributed by atoms with E-state index in [0.29, 0.717) is 0 Å². The van der Waals surface area contributed by atoms with Crippen LogP contribution in [-0.4, -0.2) is 17.7 Å². The summed E-state index contributed by atoms with van der Waals surface area (Å²) in [5.74, 6) is -2.78. The molecule has 6 heteroatoms. The van der Waals surface area contributed by atoms with Gasteiger partial charge in [0, 0.05) is 0 Å². The van der Waals surface area contributed by atoms with Crippen molar-refractivity contribution >= 4 is 11.6 Å². The van der Waals surface area contributed by atoms with Gasteiger partial charge in [0.05, 0.1) is 5.41 Å². The summed E-state index contributed by atoms with van der Waals surface area (Å²) in [6.45, 7) is 2.89. The number of ketones is 2. The van der Waals surface area contributed by atoms with Crippen LogP contribution in [0.1, 0.15) is 20.8 Å². The number of hydrogen-bond donors (Lipinski definition) is 0. The Kier molecular flexibility index (Phi) is 5.19. The van der Waals surface area contributed by atoms with Crippen LogP contribution in [0.2, 0.25) is 0 Å². The van der Waals surface area contributed by atoms with Crippen molar-refractivity contribution in [1.29, 1.82) is 0 Å². The smallest absolute Gasteiger partial charge is 0.299 e. The molecule has 0 aliphatic rings. The molecule has 0 saturated heterocycles. The Bertz CT molecular complexity index is 220. The van der Waals surface area contributed by atoms with Crippen LogP contribution in [0, 0.1) is 5.41 Å². The molecule has 0 aromatic carbocycles. The summed E-state index contributed by atoms with van der Waals surface area (Å²) in [7, 11) is 0. The van der Waals surface area contributed by atoms with Crippen LogP contribution < -0.4 is 0 Å². The van der Waals surface area contributed by atoms with E-state index in [9.17, 15) is 22.8 Å². The Balaban J connectivity index is 0. The van der Waals surface area contributed by atoms with Gasteiger partial charge in [-0.1, -0.05) is 0 Å². The zero-order valence-electron chi connectivity index (χ0n) is 7.25. The Labute approximate surface area is 89.4 Å². The number of rotatable bonds is 2. The average Bonchev–Trinajstić information content (AvgIpc) is 1.83. The molecular weight excluding hydrogens is 370 g/mol. The zero-order valence-corrected chi connectivity index (χ0v) is 9.42. The molecular formula is C7H9AuF3O2+3. The van der Waals surface area contributed by atoms with Crippen molar-refractivity contribution in [2.24, 2.45) is 5.41 Å². The molecule has 0 unspecified atom stereocenters. The molecule has 0 bridgehead atoms. The third-order valence-corrected chi connectivity index (χ3v) is 1.71. The minimum atomic E-state index is -4.94. The van der Waals surface area contributed by atoms with Crippen LogP contribution in [0.5, 0.6) is 0 Å². The van der Waals surface area contributed by atoms with Gasteiger partial charge in [0.15, 0.2) is 0 Å². The number of Topliss-reactive ketones (excluding diaryl/α,β-unsaturated/α-hetero) is 2. The maximum absolute atomic E-state index is 11.8. The van der Waals surface area contributed by atoms with E-state index in [1.165, 1.54) is 0 Å². The van der Waals surface area contributed by atoms with Gasteiger partial charge < -0.3 is 0 Å². The maximum Gasteiger partial charge on any atom is 3.00 e. The van der Waals surface area contributed by atoms with Crippen molar-refractivity contribution < 1.29 is 45.1 Å². The number of carbonyl (C=O) groups is 2. The minimum Gasteiger partial charge on any atom is -0.299 e. The zero-order chi connectivity index (χ0) is 10.2. The van der Waals surface area contributed by atoms with Gasteiger partial charge >= 0.3 is 28.6 Å². The second-order valence-corrected chi connectivity index (χ2v) is 3.01. The first-order chi connectivity index (χ1) is 5.10. The normalized spacial score (nSPS) is 11.8. The van der Waals surface area contributed by atoms with Gasteiger partial charge in [-0.15, -0.1) is 0 Å². The van der Waals surface area contributed by atoms with E-state index in [2.05, 4.69) is 0 Å². The van der Waals surface area contributed by atoms with Crippen LogP contribution >= 0.6 is 0 Å². The molecule has 0 aromatic heterocycles. The van der Waals surface area contributed by atoms with Gasteiger partial charge in [-0.25, -0.2) is 0 Å². The van der Waals surface area contributed by atoms with E-state index in [-0.39, 0.29) is 22.4 Å². The Morgan fingerprint density at radius 3 is 1.46 bits per heavy atom. The van der Waals surface area contributed by atoms with Crippen LogP contribution in [0.15, 0.2) is 0 Å².